The minimum atomic E-state index is -0.716. The van der Waals surface area contributed by atoms with Crippen LogP contribution in [-0.2, 0) is 4.79 Å². The molecule has 0 fully saturated rings. The molecule has 0 saturated carbocycles. The molecule has 0 bridgehead atoms. The van der Waals surface area contributed by atoms with Crippen molar-refractivity contribution in [3.8, 4) is 11.5 Å². The zero-order valence-corrected chi connectivity index (χ0v) is 13.3. The first-order valence-corrected chi connectivity index (χ1v) is 7.27. The number of H-pyrrole nitrogens is 1. The van der Waals surface area contributed by atoms with Gasteiger partial charge in [-0.3, -0.25) is 9.59 Å². The topological polar surface area (TPSA) is 80.4 Å². The Hall–Kier alpha value is -3.28. The maximum absolute atomic E-state index is 12.5. The maximum atomic E-state index is 12.5. The van der Waals surface area contributed by atoms with Gasteiger partial charge in [0.25, 0.3) is 11.7 Å². The average Bonchev–Trinajstić information content (AvgIpc) is 3.04. The highest BCUT2D eigenvalue weighted by atomic mass is 16.5. The van der Waals surface area contributed by atoms with Gasteiger partial charge in [0.2, 0.25) is 0 Å². The molecule has 1 heterocycles. The molecule has 122 valence electrons. The Balaban J connectivity index is 1.86. The van der Waals surface area contributed by atoms with E-state index in [1.54, 1.807) is 49.6 Å². The van der Waals surface area contributed by atoms with E-state index < -0.39 is 11.7 Å². The predicted octanol–water partition coefficient (Wildman–Crippen LogP) is 3.01. The summed E-state index contributed by atoms with van der Waals surface area (Å²) in [5, 5.41) is 3.22. The summed E-state index contributed by atoms with van der Waals surface area (Å²) < 4.78 is 10.3. The second-order valence-electron chi connectivity index (χ2n) is 5.13. The molecular formula is C18H16N2O4. The van der Waals surface area contributed by atoms with Gasteiger partial charge in [-0.2, -0.15) is 0 Å². The Bertz CT molecular complexity index is 914. The lowest BCUT2D eigenvalue weighted by atomic mass is 10.1. The number of nitrogens with one attached hydrogen (secondary N) is 2. The molecule has 6 nitrogen and oxygen atoms in total. The number of hydrogen-bond acceptors (Lipinski definition) is 4. The Morgan fingerprint density at radius 1 is 1.00 bits per heavy atom. The van der Waals surface area contributed by atoms with Crippen LogP contribution < -0.4 is 14.8 Å². The van der Waals surface area contributed by atoms with Crippen molar-refractivity contribution in [3.63, 3.8) is 0 Å². The first-order chi connectivity index (χ1) is 11.6. The van der Waals surface area contributed by atoms with E-state index in [4.69, 9.17) is 9.47 Å². The van der Waals surface area contributed by atoms with Crippen LogP contribution in [0.4, 0.5) is 5.69 Å². The molecule has 0 spiro atoms. The number of ketones is 1. The molecule has 0 aliphatic rings. The lowest BCUT2D eigenvalue weighted by molar-refractivity contribution is -0.112. The van der Waals surface area contributed by atoms with Crippen molar-refractivity contribution in [1.29, 1.82) is 0 Å². The summed E-state index contributed by atoms with van der Waals surface area (Å²) in [5.41, 5.74) is 1.54. The molecule has 1 amide bonds. The molecule has 0 atom stereocenters. The number of fused-ring (bicyclic) bond motifs is 1. The van der Waals surface area contributed by atoms with E-state index >= 15 is 0 Å². The van der Waals surface area contributed by atoms with Crippen LogP contribution in [0.15, 0.2) is 48.7 Å². The van der Waals surface area contributed by atoms with Gasteiger partial charge in [-0.1, -0.05) is 6.07 Å². The fraction of sp³-hybridized carbons (Fsp3) is 0.111. The normalized spacial score (nSPS) is 10.4. The molecule has 3 rings (SSSR count). The van der Waals surface area contributed by atoms with E-state index in [-0.39, 0.29) is 0 Å². The number of ether oxygens (including phenoxy) is 2. The zero-order chi connectivity index (χ0) is 17.1. The number of aromatic nitrogens is 1. The van der Waals surface area contributed by atoms with Crippen molar-refractivity contribution in [3.05, 3.63) is 54.2 Å². The number of methoxy groups -OCH3 is 2. The third kappa shape index (κ3) is 2.94. The molecule has 0 aliphatic heterocycles. The van der Waals surface area contributed by atoms with Gasteiger partial charge in [-0.15, -0.1) is 0 Å². The van der Waals surface area contributed by atoms with Gasteiger partial charge in [-0.05, 0) is 30.3 Å². The summed E-state index contributed by atoms with van der Waals surface area (Å²) in [7, 11) is 3.08. The maximum Gasteiger partial charge on any atom is 0.296 e. The number of carbonyl (C=O) groups excluding carboxylic acids is 2. The van der Waals surface area contributed by atoms with Crippen LogP contribution in [0.25, 0.3) is 10.9 Å². The fourth-order valence-corrected chi connectivity index (χ4v) is 2.43. The van der Waals surface area contributed by atoms with E-state index in [2.05, 4.69) is 10.3 Å². The third-order valence-corrected chi connectivity index (χ3v) is 3.67. The van der Waals surface area contributed by atoms with E-state index in [0.29, 0.717) is 28.1 Å². The smallest absolute Gasteiger partial charge is 0.296 e. The number of amides is 1. The van der Waals surface area contributed by atoms with Crippen molar-refractivity contribution in [2.24, 2.45) is 0 Å². The van der Waals surface area contributed by atoms with Gasteiger partial charge >= 0.3 is 0 Å². The number of rotatable bonds is 5. The summed E-state index contributed by atoms with van der Waals surface area (Å²) >= 11 is 0. The highest BCUT2D eigenvalue weighted by molar-refractivity contribution is 6.48. The van der Waals surface area contributed by atoms with Gasteiger partial charge in [0.05, 0.1) is 19.8 Å². The van der Waals surface area contributed by atoms with Crippen molar-refractivity contribution in [1.82, 2.24) is 4.98 Å². The number of aromatic amines is 1. The zero-order valence-electron chi connectivity index (χ0n) is 13.3. The number of benzene rings is 2. The number of carbonyl (C=O) groups is 2. The van der Waals surface area contributed by atoms with Crippen LogP contribution >= 0.6 is 0 Å². The summed E-state index contributed by atoms with van der Waals surface area (Å²) in [6.45, 7) is 0. The minimum Gasteiger partial charge on any atom is -0.497 e. The van der Waals surface area contributed by atoms with Crippen molar-refractivity contribution < 1.29 is 19.1 Å². The van der Waals surface area contributed by atoms with Gasteiger partial charge in [0.15, 0.2) is 0 Å². The summed E-state index contributed by atoms with van der Waals surface area (Å²) in [4.78, 5) is 27.7. The molecule has 0 radical (unpaired) electrons. The number of Topliss-reactive ketones (excluding diaryl/α,β-unsaturated/α-hetero) is 1. The van der Waals surface area contributed by atoms with Crippen molar-refractivity contribution in [2.45, 2.75) is 0 Å². The van der Waals surface area contributed by atoms with Crippen LogP contribution in [0.2, 0.25) is 0 Å². The molecule has 2 aromatic carbocycles. The van der Waals surface area contributed by atoms with E-state index in [0.717, 1.165) is 5.52 Å². The van der Waals surface area contributed by atoms with E-state index in [1.165, 1.54) is 13.3 Å². The van der Waals surface area contributed by atoms with Gasteiger partial charge in [-0.25, -0.2) is 0 Å². The quantitative estimate of drug-likeness (QED) is 0.558. The van der Waals surface area contributed by atoms with Crippen LogP contribution in [0.1, 0.15) is 10.4 Å². The SMILES string of the molecule is COc1cccc(NC(=O)C(=O)c2c[nH]c3ccc(OC)cc23)c1. The second kappa shape index (κ2) is 6.45. The van der Waals surface area contributed by atoms with Gasteiger partial charge in [0, 0.05) is 28.9 Å². The lowest BCUT2D eigenvalue weighted by Gasteiger charge is -2.06. The Kier molecular flexibility index (Phi) is 4.20. The molecule has 0 aliphatic carbocycles. The predicted molar refractivity (Wildman–Crippen MR) is 90.8 cm³/mol. The molecule has 0 unspecified atom stereocenters. The second-order valence-corrected chi connectivity index (χ2v) is 5.13. The molecule has 6 heteroatoms. The molecule has 0 saturated heterocycles. The number of hydrogen-bond donors (Lipinski definition) is 2. The van der Waals surface area contributed by atoms with Crippen LogP contribution in [0, 0.1) is 0 Å². The van der Waals surface area contributed by atoms with Crippen molar-refractivity contribution in [2.75, 3.05) is 19.5 Å². The Morgan fingerprint density at radius 2 is 1.75 bits per heavy atom. The van der Waals surface area contributed by atoms with E-state index in [1.807, 2.05) is 0 Å². The number of anilines is 1. The molecule has 1 aromatic heterocycles. The monoisotopic (exact) mass is 324 g/mol. The Morgan fingerprint density at radius 3 is 2.50 bits per heavy atom. The summed E-state index contributed by atoms with van der Waals surface area (Å²) in [6.07, 6.45) is 1.53. The average molecular weight is 324 g/mol. The first kappa shape index (κ1) is 15.6. The molecular weight excluding hydrogens is 308 g/mol. The molecule has 2 N–H and O–H groups in total. The lowest BCUT2D eigenvalue weighted by Crippen LogP contribution is -2.22. The van der Waals surface area contributed by atoms with E-state index in [9.17, 15) is 9.59 Å². The van der Waals surface area contributed by atoms with Crippen LogP contribution in [-0.4, -0.2) is 30.9 Å². The largest absolute Gasteiger partial charge is 0.497 e. The highest BCUT2D eigenvalue weighted by Crippen LogP contribution is 2.24. The highest BCUT2D eigenvalue weighted by Gasteiger charge is 2.20. The van der Waals surface area contributed by atoms with Crippen molar-refractivity contribution >= 4 is 28.3 Å². The van der Waals surface area contributed by atoms with Gasteiger partial charge in [0.1, 0.15) is 11.5 Å². The summed E-state index contributed by atoms with van der Waals surface area (Å²) in [6, 6.07) is 12.1. The fourth-order valence-electron chi connectivity index (χ4n) is 2.43. The Labute approximate surface area is 138 Å². The standard InChI is InChI=1S/C18H16N2O4/c1-23-12-5-3-4-11(8-12)20-18(22)17(21)15-10-19-16-7-6-13(24-2)9-14(15)16/h3-10,19H,1-2H3,(H,20,22). The van der Waals surface area contributed by atoms with Crippen LogP contribution in [0.5, 0.6) is 11.5 Å². The summed E-state index contributed by atoms with van der Waals surface area (Å²) in [5.74, 6) is -0.134. The molecule has 24 heavy (non-hydrogen) atoms. The molecule has 3 aromatic rings. The first-order valence-electron chi connectivity index (χ1n) is 7.27. The van der Waals surface area contributed by atoms with Crippen LogP contribution in [0.3, 0.4) is 0 Å². The minimum absolute atomic E-state index is 0.296. The van der Waals surface area contributed by atoms with Gasteiger partial charge < -0.3 is 19.8 Å². The third-order valence-electron chi connectivity index (χ3n) is 3.67.